The molecule has 1 fully saturated rings. The first kappa shape index (κ1) is 20.5. The molecule has 1 saturated heterocycles. The second-order valence-electron chi connectivity index (χ2n) is 7.44. The van der Waals surface area contributed by atoms with E-state index in [0.717, 1.165) is 11.3 Å². The van der Waals surface area contributed by atoms with Crippen LogP contribution in [0.2, 0.25) is 0 Å². The highest BCUT2D eigenvalue weighted by Gasteiger charge is 2.49. The zero-order valence-corrected chi connectivity index (χ0v) is 17.3. The van der Waals surface area contributed by atoms with Crippen molar-refractivity contribution in [2.24, 2.45) is 0 Å². The highest BCUT2D eigenvalue weighted by atomic mass is 16.5. The van der Waals surface area contributed by atoms with Crippen molar-refractivity contribution in [1.29, 1.82) is 0 Å². The Morgan fingerprint density at radius 2 is 1.94 bits per heavy atom. The molecule has 2 aliphatic rings. The van der Waals surface area contributed by atoms with Crippen LogP contribution in [0.3, 0.4) is 0 Å². The van der Waals surface area contributed by atoms with Crippen LogP contribution < -0.4 is 24.8 Å². The van der Waals surface area contributed by atoms with E-state index in [1.165, 1.54) is 7.11 Å². The zero-order valence-electron chi connectivity index (χ0n) is 17.3. The average Bonchev–Trinajstić information content (AvgIpc) is 2.93. The second-order valence-corrected chi connectivity index (χ2v) is 7.44. The van der Waals surface area contributed by atoms with Crippen LogP contribution in [0.5, 0.6) is 17.2 Å². The second kappa shape index (κ2) is 8.17. The first-order valence-corrected chi connectivity index (χ1v) is 9.89. The minimum absolute atomic E-state index is 0.418. The lowest BCUT2D eigenvalue weighted by Crippen LogP contribution is -2.42. The predicted octanol–water partition coefficient (Wildman–Crippen LogP) is 2.26. The highest BCUT2D eigenvalue weighted by Crippen LogP contribution is 2.33. The minimum Gasteiger partial charge on any atom is -0.497 e. The van der Waals surface area contributed by atoms with Gasteiger partial charge < -0.3 is 24.8 Å². The summed E-state index contributed by atoms with van der Waals surface area (Å²) in [5.41, 5.74) is -0.242. The normalized spacial score (nSPS) is 20.1. The molecule has 9 nitrogen and oxygen atoms in total. The number of anilines is 1. The largest absolute Gasteiger partial charge is 0.497 e. The monoisotopic (exact) mass is 425 g/mol. The lowest BCUT2D eigenvalue weighted by atomic mass is 9.92. The van der Waals surface area contributed by atoms with E-state index in [1.54, 1.807) is 49.4 Å². The van der Waals surface area contributed by atoms with Crippen molar-refractivity contribution >= 4 is 23.5 Å². The zero-order chi connectivity index (χ0) is 22.0. The number of hydrogen-bond acceptors (Lipinski definition) is 6. The number of benzene rings is 2. The molecule has 0 unspecified atom stereocenters. The van der Waals surface area contributed by atoms with Gasteiger partial charge in [0.2, 0.25) is 5.91 Å². The summed E-state index contributed by atoms with van der Waals surface area (Å²) < 4.78 is 16.4. The number of nitrogens with one attached hydrogen (secondary N) is 2. The Kier molecular flexibility index (Phi) is 5.41. The van der Waals surface area contributed by atoms with Crippen LogP contribution >= 0.6 is 0 Å². The molecule has 0 aromatic heterocycles. The van der Waals surface area contributed by atoms with Gasteiger partial charge in [0.05, 0.1) is 20.3 Å². The van der Waals surface area contributed by atoms with Gasteiger partial charge in [-0.25, -0.2) is 4.79 Å². The quantitative estimate of drug-likeness (QED) is 0.712. The molecule has 4 rings (SSSR count). The molecule has 9 heteroatoms. The molecule has 0 saturated carbocycles. The van der Waals surface area contributed by atoms with Gasteiger partial charge in [-0.1, -0.05) is 12.1 Å². The molecular formula is C22H23N3O6. The number of ether oxygens (including phenoxy) is 3. The number of carbonyl (C=O) groups excluding carboxylic acids is 3. The van der Waals surface area contributed by atoms with Crippen molar-refractivity contribution in [3.63, 3.8) is 0 Å². The van der Waals surface area contributed by atoms with Gasteiger partial charge in [-0.05, 0) is 36.8 Å². The van der Waals surface area contributed by atoms with Gasteiger partial charge in [0, 0.05) is 18.2 Å². The first-order chi connectivity index (χ1) is 14.9. The van der Waals surface area contributed by atoms with Crippen LogP contribution in [-0.2, 0) is 15.1 Å². The summed E-state index contributed by atoms with van der Waals surface area (Å²) in [4.78, 5) is 39.0. The van der Waals surface area contributed by atoms with Crippen LogP contribution in [0.25, 0.3) is 0 Å². The van der Waals surface area contributed by atoms with Crippen LogP contribution in [0.15, 0.2) is 42.5 Å². The number of rotatable bonds is 5. The molecule has 2 heterocycles. The summed E-state index contributed by atoms with van der Waals surface area (Å²) in [6.45, 7) is 2.27. The smallest absolute Gasteiger partial charge is 0.325 e. The number of methoxy groups -OCH3 is 1. The lowest BCUT2D eigenvalue weighted by molar-refractivity contribution is -0.133. The molecule has 4 amide bonds. The number of carbonyl (C=O) groups is 3. The van der Waals surface area contributed by atoms with Crippen molar-refractivity contribution in [2.75, 3.05) is 32.2 Å². The fraction of sp³-hybridized carbons (Fsp3) is 0.318. The van der Waals surface area contributed by atoms with Gasteiger partial charge in [-0.15, -0.1) is 0 Å². The number of fused-ring (bicyclic) bond motifs is 1. The molecule has 0 bridgehead atoms. The van der Waals surface area contributed by atoms with Crippen LogP contribution in [0.1, 0.15) is 18.9 Å². The molecule has 0 spiro atoms. The van der Waals surface area contributed by atoms with Gasteiger partial charge in [0.25, 0.3) is 5.91 Å². The van der Waals surface area contributed by atoms with Gasteiger partial charge in [0.15, 0.2) is 11.5 Å². The topological polar surface area (TPSA) is 106 Å². The van der Waals surface area contributed by atoms with Crippen LogP contribution in [-0.4, -0.2) is 49.6 Å². The SMILES string of the molecule is COc1cccc([C@]2(C)NC(=O)N(CC(=O)Nc3ccc4c(c3)OCCCO4)C2=O)c1. The van der Waals surface area contributed by atoms with Crippen LogP contribution in [0, 0.1) is 0 Å². The fourth-order valence-electron chi connectivity index (χ4n) is 3.56. The Morgan fingerprint density at radius 3 is 2.71 bits per heavy atom. The van der Waals surface area contributed by atoms with E-state index in [-0.39, 0.29) is 0 Å². The standard InChI is InChI=1S/C22H23N3O6/c1-22(14-5-3-6-16(11-14)29-2)20(27)25(21(28)24-22)13-19(26)23-15-7-8-17-18(12-15)31-10-4-9-30-17/h3,5-8,11-12H,4,9-10,13H2,1-2H3,(H,23,26)(H,24,28)/t22-/m0/s1. The van der Waals surface area contributed by atoms with Gasteiger partial charge in [0.1, 0.15) is 17.8 Å². The molecule has 2 aliphatic heterocycles. The molecule has 2 aromatic carbocycles. The Hall–Kier alpha value is -3.75. The maximum atomic E-state index is 13.0. The summed E-state index contributed by atoms with van der Waals surface area (Å²) in [6.07, 6.45) is 0.772. The Balaban J connectivity index is 1.46. The molecule has 0 radical (unpaired) electrons. The van der Waals surface area contributed by atoms with Crippen molar-refractivity contribution in [3.05, 3.63) is 48.0 Å². The van der Waals surface area contributed by atoms with Gasteiger partial charge in [-0.2, -0.15) is 0 Å². The van der Waals surface area contributed by atoms with Crippen molar-refractivity contribution in [1.82, 2.24) is 10.2 Å². The van der Waals surface area contributed by atoms with E-state index < -0.39 is 29.9 Å². The average molecular weight is 425 g/mol. The van der Waals surface area contributed by atoms with Crippen LogP contribution in [0.4, 0.5) is 10.5 Å². The molecule has 2 aromatic rings. The molecule has 31 heavy (non-hydrogen) atoms. The summed E-state index contributed by atoms with van der Waals surface area (Å²) in [5, 5.41) is 5.38. The maximum Gasteiger partial charge on any atom is 0.325 e. The summed E-state index contributed by atoms with van der Waals surface area (Å²) in [6, 6.07) is 11.3. The Labute approximate surface area is 179 Å². The fourth-order valence-corrected chi connectivity index (χ4v) is 3.56. The molecule has 162 valence electrons. The number of imide groups is 1. The number of nitrogens with zero attached hydrogens (tertiary/aromatic N) is 1. The maximum absolute atomic E-state index is 13.0. The molecule has 1 atom stereocenters. The summed E-state index contributed by atoms with van der Waals surface area (Å²) >= 11 is 0. The van der Waals surface area contributed by atoms with E-state index in [2.05, 4.69) is 10.6 Å². The third kappa shape index (κ3) is 3.98. The minimum atomic E-state index is -1.29. The first-order valence-electron chi connectivity index (χ1n) is 9.89. The molecule has 2 N–H and O–H groups in total. The Bertz CT molecular complexity index is 1040. The third-order valence-corrected chi connectivity index (χ3v) is 5.26. The van der Waals surface area contributed by atoms with E-state index in [0.29, 0.717) is 41.7 Å². The van der Waals surface area contributed by atoms with E-state index in [4.69, 9.17) is 14.2 Å². The number of hydrogen-bond donors (Lipinski definition) is 2. The highest BCUT2D eigenvalue weighted by molar-refractivity contribution is 6.10. The summed E-state index contributed by atoms with van der Waals surface area (Å²) in [5.74, 6) is 0.688. The van der Waals surface area contributed by atoms with E-state index >= 15 is 0 Å². The van der Waals surface area contributed by atoms with E-state index in [1.807, 2.05) is 0 Å². The molecule has 0 aliphatic carbocycles. The van der Waals surface area contributed by atoms with E-state index in [9.17, 15) is 14.4 Å². The summed E-state index contributed by atoms with van der Waals surface area (Å²) in [7, 11) is 1.52. The Morgan fingerprint density at radius 1 is 1.16 bits per heavy atom. The van der Waals surface area contributed by atoms with Crippen molar-refractivity contribution in [3.8, 4) is 17.2 Å². The number of urea groups is 1. The van der Waals surface area contributed by atoms with Crippen molar-refractivity contribution < 1.29 is 28.6 Å². The number of amides is 4. The predicted molar refractivity (Wildman–Crippen MR) is 111 cm³/mol. The molecular weight excluding hydrogens is 402 g/mol. The third-order valence-electron chi connectivity index (χ3n) is 5.26. The lowest BCUT2D eigenvalue weighted by Gasteiger charge is -2.22. The van der Waals surface area contributed by atoms with Gasteiger partial charge in [-0.3, -0.25) is 14.5 Å². The van der Waals surface area contributed by atoms with Gasteiger partial charge >= 0.3 is 6.03 Å². The van der Waals surface area contributed by atoms with Crippen molar-refractivity contribution in [2.45, 2.75) is 18.9 Å².